The third-order valence-corrected chi connectivity index (χ3v) is 2.40. The third-order valence-electron chi connectivity index (χ3n) is 2.40. The topological polar surface area (TPSA) is 42.4 Å². The van der Waals surface area contributed by atoms with E-state index in [9.17, 15) is 13.2 Å². The minimum Gasteiger partial charge on any atom is -0.405 e. The first-order valence-electron chi connectivity index (χ1n) is 5.40. The van der Waals surface area contributed by atoms with Crippen LogP contribution in [0.4, 0.5) is 13.2 Å². The number of aliphatic hydroxyl groups excluding tert-OH is 1. The summed E-state index contributed by atoms with van der Waals surface area (Å²) in [5.74, 6) is -0.306. The molecule has 19 heavy (non-hydrogen) atoms. The Kier molecular flexibility index (Phi) is 3.71. The Morgan fingerprint density at radius 2 is 1.84 bits per heavy atom. The predicted octanol–water partition coefficient (Wildman–Crippen LogP) is 3.14. The highest BCUT2D eigenvalue weighted by molar-refractivity contribution is 5.67. The zero-order valence-corrected chi connectivity index (χ0v) is 9.69. The molecule has 0 saturated heterocycles. The number of aliphatic hydroxyl groups is 1. The molecule has 0 aliphatic heterocycles. The highest BCUT2D eigenvalue weighted by atomic mass is 19.4. The monoisotopic (exact) mass is 269 g/mol. The van der Waals surface area contributed by atoms with E-state index in [0.29, 0.717) is 11.3 Å². The maximum Gasteiger partial charge on any atom is 0.573 e. The van der Waals surface area contributed by atoms with Gasteiger partial charge in [-0.15, -0.1) is 13.2 Å². The average molecular weight is 269 g/mol. The Labute approximate surface area is 107 Å². The number of pyridine rings is 1. The number of nitrogens with zero attached hydrogens (tertiary/aromatic N) is 1. The summed E-state index contributed by atoms with van der Waals surface area (Å²) in [7, 11) is 0. The van der Waals surface area contributed by atoms with Gasteiger partial charge in [0.05, 0.1) is 12.3 Å². The molecular formula is C13H10F3NO2. The van der Waals surface area contributed by atoms with Gasteiger partial charge in [-0.2, -0.15) is 0 Å². The van der Waals surface area contributed by atoms with Gasteiger partial charge in [0.1, 0.15) is 5.75 Å². The zero-order valence-electron chi connectivity index (χ0n) is 9.69. The highest BCUT2D eigenvalue weighted by Crippen LogP contribution is 2.32. The van der Waals surface area contributed by atoms with Crippen LogP contribution >= 0.6 is 0 Å². The Bertz CT molecular complexity index is 553. The van der Waals surface area contributed by atoms with Crippen molar-refractivity contribution >= 4 is 0 Å². The second kappa shape index (κ2) is 5.27. The fourth-order valence-corrected chi connectivity index (χ4v) is 1.57. The van der Waals surface area contributed by atoms with Crippen LogP contribution in [0.3, 0.4) is 0 Å². The second-order valence-electron chi connectivity index (χ2n) is 3.75. The SMILES string of the molecule is OCc1ccc(-c2ccccc2OC(F)(F)F)nc1. The van der Waals surface area contributed by atoms with E-state index in [0.717, 1.165) is 0 Å². The van der Waals surface area contributed by atoms with Gasteiger partial charge in [0.15, 0.2) is 0 Å². The first-order valence-corrected chi connectivity index (χ1v) is 5.40. The summed E-state index contributed by atoms with van der Waals surface area (Å²) in [6, 6.07) is 8.89. The number of hydrogen-bond donors (Lipinski definition) is 1. The van der Waals surface area contributed by atoms with Crippen molar-refractivity contribution in [3.05, 3.63) is 48.2 Å². The molecule has 0 aliphatic rings. The lowest BCUT2D eigenvalue weighted by molar-refractivity contribution is -0.274. The summed E-state index contributed by atoms with van der Waals surface area (Å²) in [5.41, 5.74) is 1.17. The lowest BCUT2D eigenvalue weighted by atomic mass is 10.1. The van der Waals surface area contributed by atoms with Crippen LogP contribution in [0.15, 0.2) is 42.6 Å². The van der Waals surface area contributed by atoms with Crippen LogP contribution in [0.1, 0.15) is 5.56 Å². The van der Waals surface area contributed by atoms with Gasteiger partial charge in [-0.3, -0.25) is 4.98 Å². The molecule has 3 nitrogen and oxygen atoms in total. The van der Waals surface area contributed by atoms with Crippen LogP contribution in [0.25, 0.3) is 11.3 Å². The van der Waals surface area contributed by atoms with Gasteiger partial charge in [-0.25, -0.2) is 0 Å². The van der Waals surface area contributed by atoms with Crippen molar-refractivity contribution < 1.29 is 23.0 Å². The molecule has 0 radical (unpaired) electrons. The number of alkyl halides is 3. The lowest BCUT2D eigenvalue weighted by Gasteiger charge is -2.12. The number of benzene rings is 1. The molecular weight excluding hydrogens is 259 g/mol. The minimum absolute atomic E-state index is 0.173. The van der Waals surface area contributed by atoms with Gasteiger partial charge in [0.2, 0.25) is 0 Å². The van der Waals surface area contributed by atoms with E-state index in [2.05, 4.69) is 9.72 Å². The average Bonchev–Trinajstić information content (AvgIpc) is 2.38. The van der Waals surface area contributed by atoms with Crippen LogP contribution < -0.4 is 4.74 Å². The number of hydrogen-bond acceptors (Lipinski definition) is 3. The second-order valence-corrected chi connectivity index (χ2v) is 3.75. The molecule has 100 valence electrons. The molecule has 0 bridgehead atoms. The van der Waals surface area contributed by atoms with Crippen molar-refractivity contribution in [3.63, 3.8) is 0 Å². The first-order chi connectivity index (χ1) is 8.99. The summed E-state index contributed by atoms with van der Waals surface area (Å²) < 4.78 is 40.8. The van der Waals surface area contributed by atoms with Crippen LogP contribution in [-0.4, -0.2) is 16.5 Å². The van der Waals surface area contributed by atoms with Crippen molar-refractivity contribution in [1.29, 1.82) is 0 Å². The van der Waals surface area contributed by atoms with Gasteiger partial charge in [-0.05, 0) is 23.8 Å². The molecule has 0 spiro atoms. The predicted molar refractivity (Wildman–Crippen MR) is 62.3 cm³/mol. The molecule has 1 aromatic carbocycles. The summed E-state index contributed by atoms with van der Waals surface area (Å²) in [4.78, 5) is 4.00. The molecule has 0 fully saturated rings. The van der Waals surface area contributed by atoms with E-state index in [1.165, 1.54) is 30.5 Å². The van der Waals surface area contributed by atoms with Crippen LogP contribution in [-0.2, 0) is 6.61 Å². The summed E-state index contributed by atoms with van der Waals surface area (Å²) in [6.45, 7) is -0.173. The highest BCUT2D eigenvalue weighted by Gasteiger charge is 2.32. The van der Waals surface area contributed by atoms with Crippen LogP contribution in [0.2, 0.25) is 0 Å². The number of halogens is 3. The van der Waals surface area contributed by atoms with Crippen molar-refractivity contribution in [1.82, 2.24) is 4.98 Å². The number of para-hydroxylation sites is 1. The number of ether oxygens (including phenoxy) is 1. The molecule has 1 N–H and O–H groups in total. The normalized spacial score (nSPS) is 11.4. The lowest BCUT2D eigenvalue weighted by Crippen LogP contribution is -2.17. The Balaban J connectivity index is 2.38. The fraction of sp³-hybridized carbons (Fsp3) is 0.154. The third kappa shape index (κ3) is 3.45. The van der Waals surface area contributed by atoms with Gasteiger partial charge in [-0.1, -0.05) is 18.2 Å². The summed E-state index contributed by atoms with van der Waals surface area (Å²) in [6.07, 6.45) is -3.35. The molecule has 0 saturated carbocycles. The van der Waals surface area contributed by atoms with E-state index in [4.69, 9.17) is 5.11 Å². The fourth-order valence-electron chi connectivity index (χ4n) is 1.57. The summed E-state index contributed by atoms with van der Waals surface area (Å²) in [5, 5.41) is 8.89. The van der Waals surface area contributed by atoms with E-state index < -0.39 is 6.36 Å². The number of rotatable bonds is 3. The van der Waals surface area contributed by atoms with Crippen molar-refractivity contribution in [3.8, 4) is 17.0 Å². The standard InChI is InChI=1S/C13H10F3NO2/c14-13(15,16)19-12-4-2-1-3-10(12)11-6-5-9(8-18)7-17-11/h1-7,18H,8H2. The Morgan fingerprint density at radius 1 is 1.11 bits per heavy atom. The smallest absolute Gasteiger partial charge is 0.405 e. The molecule has 0 amide bonds. The maximum absolute atomic E-state index is 12.3. The van der Waals surface area contributed by atoms with E-state index in [1.54, 1.807) is 12.1 Å². The molecule has 6 heteroatoms. The van der Waals surface area contributed by atoms with Gasteiger partial charge in [0.25, 0.3) is 0 Å². The van der Waals surface area contributed by atoms with Gasteiger partial charge < -0.3 is 9.84 Å². The van der Waals surface area contributed by atoms with E-state index >= 15 is 0 Å². The molecule has 0 unspecified atom stereocenters. The quantitative estimate of drug-likeness (QED) is 0.930. The van der Waals surface area contributed by atoms with E-state index in [1.807, 2.05) is 0 Å². The first kappa shape index (κ1) is 13.4. The molecule has 2 aromatic rings. The van der Waals surface area contributed by atoms with Crippen molar-refractivity contribution in [2.75, 3.05) is 0 Å². The maximum atomic E-state index is 12.3. The number of aromatic nitrogens is 1. The molecule has 1 heterocycles. The molecule has 0 aliphatic carbocycles. The van der Waals surface area contributed by atoms with Crippen LogP contribution in [0, 0.1) is 0 Å². The van der Waals surface area contributed by atoms with Crippen LogP contribution in [0.5, 0.6) is 5.75 Å². The van der Waals surface area contributed by atoms with E-state index in [-0.39, 0.29) is 17.9 Å². The zero-order chi connectivity index (χ0) is 13.9. The Hall–Kier alpha value is -2.08. The van der Waals surface area contributed by atoms with Crippen molar-refractivity contribution in [2.24, 2.45) is 0 Å². The van der Waals surface area contributed by atoms with Gasteiger partial charge >= 0.3 is 6.36 Å². The Morgan fingerprint density at radius 3 is 2.42 bits per heavy atom. The molecule has 1 aromatic heterocycles. The van der Waals surface area contributed by atoms with Gasteiger partial charge in [0, 0.05) is 11.8 Å². The molecule has 0 atom stereocenters. The largest absolute Gasteiger partial charge is 0.573 e. The minimum atomic E-state index is -4.75. The summed E-state index contributed by atoms with van der Waals surface area (Å²) >= 11 is 0. The van der Waals surface area contributed by atoms with Crippen molar-refractivity contribution in [2.45, 2.75) is 13.0 Å². The molecule has 2 rings (SSSR count).